The fourth-order valence-corrected chi connectivity index (χ4v) is 2.92. The summed E-state index contributed by atoms with van der Waals surface area (Å²) >= 11 is 0. The minimum Gasteiger partial charge on any atom is -1.00 e. The first kappa shape index (κ1) is 24.2. The Morgan fingerprint density at radius 2 is 1.54 bits per heavy atom. The van der Waals surface area contributed by atoms with E-state index in [1.165, 1.54) is 38.7 Å². The molecule has 0 radical (unpaired) electrons. The zero-order valence-electron chi connectivity index (χ0n) is 15.6. The van der Waals surface area contributed by atoms with Crippen molar-refractivity contribution >= 4 is 10.8 Å². The number of hydrogen-bond donors (Lipinski definition) is 0. The second-order valence-corrected chi connectivity index (χ2v) is 6.19. The van der Waals surface area contributed by atoms with Gasteiger partial charge in [0, 0.05) is 12.4 Å². The van der Waals surface area contributed by atoms with E-state index in [4.69, 9.17) is 0 Å². The predicted molar refractivity (Wildman–Crippen MR) is 99.9 cm³/mol. The van der Waals surface area contributed by atoms with Crippen LogP contribution < -0.4 is 9.41 Å². The Kier molecular flexibility index (Phi) is 9.66. The van der Waals surface area contributed by atoms with Gasteiger partial charge in [0.1, 0.15) is 0 Å². The number of nitrogens with zero attached hydrogens (tertiary/aromatic N) is 1. The normalized spacial score (nSPS) is 9.38. The van der Waals surface area contributed by atoms with Crippen LogP contribution in [-0.4, -0.2) is 4.57 Å². The van der Waals surface area contributed by atoms with Crippen LogP contribution in [0, 0.1) is 27.7 Å². The monoisotopic (exact) mass is 429 g/mol. The van der Waals surface area contributed by atoms with Gasteiger partial charge < -0.3 is 14.0 Å². The Hall–Kier alpha value is -1.80. The molecule has 0 unspecified atom stereocenters. The van der Waals surface area contributed by atoms with Crippen molar-refractivity contribution in [1.82, 2.24) is 4.57 Å². The van der Waals surface area contributed by atoms with E-state index in [-0.39, 0.29) is 35.6 Å². The van der Waals surface area contributed by atoms with Gasteiger partial charge >= 0.3 is 26.2 Å². The van der Waals surface area contributed by atoms with Crippen molar-refractivity contribution in [2.24, 2.45) is 0 Å². The van der Waals surface area contributed by atoms with Crippen LogP contribution in [0.5, 0.6) is 0 Å². The zero-order chi connectivity index (χ0) is 16.4. The molecule has 0 amide bonds. The van der Waals surface area contributed by atoms with Crippen molar-refractivity contribution in [2.45, 2.75) is 27.7 Å². The van der Waals surface area contributed by atoms with E-state index < -0.39 is 0 Å². The van der Waals surface area contributed by atoms with Gasteiger partial charge in [-0.25, -0.2) is 0 Å². The zero-order valence-corrected chi connectivity index (χ0v) is 18.0. The van der Waals surface area contributed by atoms with Crippen LogP contribution >= 0.6 is 0 Å². The number of fused-ring (bicyclic) bond motifs is 1. The van der Waals surface area contributed by atoms with E-state index in [9.17, 15) is 0 Å². The Labute approximate surface area is 173 Å². The summed E-state index contributed by atoms with van der Waals surface area (Å²) < 4.78 is 2.12. The first-order valence-corrected chi connectivity index (χ1v) is 8.05. The first-order chi connectivity index (χ1) is 11.1. The third-order valence-electron chi connectivity index (χ3n) is 4.68. The van der Waals surface area contributed by atoms with E-state index in [1.807, 2.05) is 12.1 Å². The molecule has 4 rings (SSSR count). The quantitative estimate of drug-likeness (QED) is 0.375. The molecule has 4 heteroatoms. The summed E-state index contributed by atoms with van der Waals surface area (Å²) in [5.41, 5.74) is 6.98. The van der Waals surface area contributed by atoms with Gasteiger partial charge in [-0.2, -0.15) is 28.3 Å². The van der Waals surface area contributed by atoms with Crippen LogP contribution in [0.15, 0.2) is 67.0 Å². The minimum absolute atomic E-state index is 0. The predicted octanol–water partition coefficient (Wildman–Crippen LogP) is -0.00592. The van der Waals surface area contributed by atoms with Gasteiger partial charge in [-0.1, -0.05) is 33.8 Å². The number of hydrogen-bond acceptors (Lipinski definition) is 0. The molecule has 0 spiro atoms. The van der Waals surface area contributed by atoms with Gasteiger partial charge in [-0.15, -0.1) is 41.1 Å². The molecule has 0 bridgehead atoms. The van der Waals surface area contributed by atoms with Crippen molar-refractivity contribution in [3.8, 4) is 5.69 Å². The maximum Gasteiger partial charge on any atom is 4.00 e. The van der Waals surface area contributed by atoms with Crippen LogP contribution in [0.1, 0.15) is 22.3 Å². The number of aryl methyl sites for hydroxylation is 2. The molecule has 0 N–H and O–H groups in total. The summed E-state index contributed by atoms with van der Waals surface area (Å²) in [6, 6.07) is 19.2. The van der Waals surface area contributed by atoms with Crippen molar-refractivity contribution in [2.75, 3.05) is 0 Å². The van der Waals surface area contributed by atoms with Crippen LogP contribution in [0.2, 0.25) is 0 Å². The summed E-state index contributed by atoms with van der Waals surface area (Å²) in [7, 11) is 0. The van der Waals surface area contributed by atoms with E-state index in [0.29, 0.717) is 0 Å². The molecule has 26 heavy (non-hydrogen) atoms. The molecule has 134 valence electrons. The smallest absolute Gasteiger partial charge is 1.00 e. The number of rotatable bonds is 1. The van der Waals surface area contributed by atoms with Crippen LogP contribution in [0.3, 0.4) is 0 Å². The van der Waals surface area contributed by atoms with Crippen molar-refractivity contribution in [3.05, 3.63) is 89.2 Å². The van der Waals surface area contributed by atoms with E-state index in [2.05, 4.69) is 87.1 Å². The molecule has 0 aliphatic rings. The largest absolute Gasteiger partial charge is 4.00 e. The van der Waals surface area contributed by atoms with E-state index >= 15 is 0 Å². The second kappa shape index (κ2) is 10.4. The molecule has 0 fully saturated rings. The molecule has 0 saturated carbocycles. The SMILES string of the molecule is Cc1c[c-](C)c(C)c1C.[F-].[F-].[Zr+4].c1ccc2[cH-]c(-n3cccc3)cc2c1. The Balaban J connectivity index is 0.000000466. The summed E-state index contributed by atoms with van der Waals surface area (Å²) in [6.45, 7) is 8.68. The third kappa shape index (κ3) is 5.11. The molecule has 0 aliphatic carbocycles. The second-order valence-electron chi connectivity index (χ2n) is 6.19. The van der Waals surface area contributed by atoms with E-state index in [0.717, 1.165) is 0 Å². The van der Waals surface area contributed by atoms with Crippen molar-refractivity contribution in [3.63, 3.8) is 0 Å². The van der Waals surface area contributed by atoms with Crippen molar-refractivity contribution in [1.29, 1.82) is 0 Å². The van der Waals surface area contributed by atoms with Gasteiger partial charge in [0.15, 0.2) is 0 Å². The number of halogens is 2. The molecule has 1 heterocycles. The summed E-state index contributed by atoms with van der Waals surface area (Å²) in [4.78, 5) is 0. The molecule has 1 aromatic heterocycles. The fourth-order valence-electron chi connectivity index (χ4n) is 2.92. The Bertz CT molecular complexity index is 862. The average molecular weight is 431 g/mol. The van der Waals surface area contributed by atoms with Crippen molar-refractivity contribution < 1.29 is 35.6 Å². The summed E-state index contributed by atoms with van der Waals surface area (Å²) in [5.74, 6) is 0. The van der Waals surface area contributed by atoms with Gasteiger partial charge in [0.25, 0.3) is 0 Å². The molecule has 1 nitrogen and oxygen atoms in total. The molecule has 0 saturated heterocycles. The standard InChI is InChI=1S/C13H10N.C9H13.2FH.Zr/c1-2-6-12-10-13(9-11(12)5-1)14-7-3-4-8-14;1-6-5-7(2)9(4)8(6)3;;;/h1-10H;5H,1-4H3;2*1H;/q2*-1;;;+4/p-2. The molecular formula is C22H23F2NZr. The molecule has 0 atom stereocenters. The molecule has 0 aliphatic heterocycles. The van der Waals surface area contributed by atoms with Gasteiger partial charge in [0.2, 0.25) is 0 Å². The third-order valence-corrected chi connectivity index (χ3v) is 4.68. The maximum atomic E-state index is 2.24. The van der Waals surface area contributed by atoms with Gasteiger partial charge in [0.05, 0.1) is 0 Å². The minimum atomic E-state index is 0. The average Bonchev–Trinajstić information content (AvgIpc) is 3.25. The summed E-state index contributed by atoms with van der Waals surface area (Å²) in [6.07, 6.45) is 4.13. The Morgan fingerprint density at radius 1 is 0.923 bits per heavy atom. The number of aromatic nitrogens is 1. The number of benzene rings is 1. The fraction of sp³-hybridized carbons (Fsp3) is 0.182. The molecular weight excluding hydrogens is 407 g/mol. The van der Waals surface area contributed by atoms with Crippen LogP contribution in [0.25, 0.3) is 16.5 Å². The topological polar surface area (TPSA) is 4.93 Å². The first-order valence-electron chi connectivity index (χ1n) is 8.05. The van der Waals surface area contributed by atoms with Gasteiger partial charge in [-0.05, 0) is 17.8 Å². The molecule has 3 aromatic carbocycles. The summed E-state index contributed by atoms with van der Waals surface area (Å²) in [5, 5.41) is 2.60. The Morgan fingerprint density at radius 3 is 2.00 bits per heavy atom. The van der Waals surface area contributed by atoms with Crippen LogP contribution in [0.4, 0.5) is 0 Å². The van der Waals surface area contributed by atoms with Crippen LogP contribution in [-0.2, 0) is 26.2 Å². The van der Waals surface area contributed by atoms with Gasteiger partial charge in [-0.3, -0.25) is 0 Å². The molecule has 4 aromatic rings. The van der Waals surface area contributed by atoms with E-state index in [1.54, 1.807) is 0 Å². The maximum absolute atomic E-state index is 2.24.